The molecule has 0 spiro atoms. The van der Waals surface area contributed by atoms with Crippen LogP contribution in [0.3, 0.4) is 0 Å². The smallest absolute Gasteiger partial charge is 0.260 e. The second-order valence-electron chi connectivity index (χ2n) is 6.25. The second-order valence-corrected chi connectivity index (χ2v) is 6.25. The Bertz CT molecular complexity index is 904. The lowest BCUT2D eigenvalue weighted by atomic mass is 10.1. The van der Waals surface area contributed by atoms with E-state index in [-0.39, 0.29) is 19.1 Å². The maximum Gasteiger partial charge on any atom is 0.260 e. The van der Waals surface area contributed by atoms with Crippen LogP contribution in [0.4, 0.5) is 0 Å². The van der Waals surface area contributed by atoms with Crippen molar-refractivity contribution in [2.45, 2.75) is 20.4 Å². The zero-order chi connectivity index (χ0) is 19.9. The highest BCUT2D eigenvalue weighted by Crippen LogP contribution is 2.18. The van der Waals surface area contributed by atoms with Gasteiger partial charge in [-0.25, -0.2) is 0 Å². The first-order valence-corrected chi connectivity index (χ1v) is 9.03. The number of carbonyl (C=O) groups is 1. The Morgan fingerprint density at radius 2 is 1.75 bits per heavy atom. The molecule has 0 aliphatic heterocycles. The summed E-state index contributed by atoms with van der Waals surface area (Å²) >= 11 is 0. The summed E-state index contributed by atoms with van der Waals surface area (Å²) in [5.41, 5.74) is 2.03. The molecule has 0 fully saturated rings. The minimum Gasteiger partial charge on any atom is -0.497 e. The number of aryl methyl sites for hydroxylation is 1. The average Bonchev–Trinajstić information content (AvgIpc) is 3.19. The molecule has 1 aromatic heterocycles. The average molecular weight is 381 g/mol. The van der Waals surface area contributed by atoms with Crippen molar-refractivity contribution in [2.75, 3.05) is 20.3 Å². The molecule has 0 radical (unpaired) electrons. The number of likely N-dealkylation sites (N-methyl/N-ethyl adjacent to an activating group) is 1. The third kappa shape index (κ3) is 4.88. The molecule has 1 amide bonds. The van der Waals surface area contributed by atoms with Gasteiger partial charge in [0, 0.05) is 12.1 Å². The number of amides is 1. The summed E-state index contributed by atoms with van der Waals surface area (Å²) in [6.07, 6.45) is 0. The number of nitrogens with zero attached hydrogens (tertiary/aromatic N) is 3. The third-order valence-electron chi connectivity index (χ3n) is 4.26. The number of benzene rings is 2. The van der Waals surface area contributed by atoms with Crippen molar-refractivity contribution < 1.29 is 18.8 Å². The number of rotatable bonds is 8. The fourth-order valence-corrected chi connectivity index (χ4v) is 2.59. The van der Waals surface area contributed by atoms with Gasteiger partial charge < -0.3 is 18.9 Å². The molecular formula is C21H23N3O4. The van der Waals surface area contributed by atoms with Crippen LogP contribution in [0.5, 0.6) is 11.5 Å². The predicted molar refractivity (Wildman–Crippen MR) is 104 cm³/mol. The highest BCUT2D eigenvalue weighted by atomic mass is 16.5. The van der Waals surface area contributed by atoms with Gasteiger partial charge in [0.25, 0.3) is 5.91 Å². The molecular weight excluding hydrogens is 358 g/mol. The highest BCUT2D eigenvalue weighted by Gasteiger charge is 2.17. The molecule has 7 nitrogen and oxygen atoms in total. The van der Waals surface area contributed by atoms with Crippen molar-refractivity contribution in [1.82, 2.24) is 15.0 Å². The Morgan fingerprint density at radius 3 is 2.39 bits per heavy atom. The standard InChI is InChI=1S/C21H23N3O4/c1-4-24(20(25)14-27-18-11-9-17(26-3)10-12-18)13-19-22-21(23-28-19)16-7-5-15(2)6-8-16/h5-12H,4,13-14H2,1-3H3. The van der Waals surface area contributed by atoms with Crippen LogP contribution in [-0.2, 0) is 11.3 Å². The molecule has 0 unspecified atom stereocenters. The lowest BCUT2D eigenvalue weighted by Gasteiger charge is -2.19. The van der Waals surface area contributed by atoms with E-state index in [9.17, 15) is 4.79 Å². The van der Waals surface area contributed by atoms with Crippen molar-refractivity contribution in [3.63, 3.8) is 0 Å². The molecule has 0 atom stereocenters. The lowest BCUT2D eigenvalue weighted by Crippen LogP contribution is -2.34. The molecule has 0 aliphatic rings. The SMILES string of the molecule is CCN(Cc1nc(-c2ccc(C)cc2)no1)C(=O)COc1ccc(OC)cc1. The van der Waals surface area contributed by atoms with Crippen LogP contribution < -0.4 is 9.47 Å². The third-order valence-corrected chi connectivity index (χ3v) is 4.26. The fourth-order valence-electron chi connectivity index (χ4n) is 2.59. The summed E-state index contributed by atoms with van der Waals surface area (Å²) < 4.78 is 16.0. The largest absolute Gasteiger partial charge is 0.497 e. The Balaban J connectivity index is 1.58. The van der Waals surface area contributed by atoms with Gasteiger partial charge in [-0.15, -0.1) is 0 Å². The summed E-state index contributed by atoms with van der Waals surface area (Å²) in [5, 5.41) is 4.01. The molecule has 0 aliphatic carbocycles. The second kappa shape index (κ2) is 9.03. The van der Waals surface area contributed by atoms with Crippen LogP contribution in [0.2, 0.25) is 0 Å². The first-order valence-electron chi connectivity index (χ1n) is 9.03. The van der Waals surface area contributed by atoms with E-state index in [1.165, 1.54) is 0 Å². The quantitative estimate of drug-likeness (QED) is 0.594. The van der Waals surface area contributed by atoms with Gasteiger partial charge in [-0.2, -0.15) is 4.98 Å². The van der Waals surface area contributed by atoms with Gasteiger partial charge in [0.1, 0.15) is 18.0 Å². The van der Waals surface area contributed by atoms with E-state index in [0.717, 1.165) is 16.9 Å². The molecule has 2 aromatic carbocycles. The number of aromatic nitrogens is 2. The fraction of sp³-hybridized carbons (Fsp3) is 0.286. The number of ether oxygens (including phenoxy) is 2. The van der Waals surface area contributed by atoms with Gasteiger partial charge in [0.2, 0.25) is 11.7 Å². The van der Waals surface area contributed by atoms with E-state index in [1.54, 1.807) is 36.3 Å². The van der Waals surface area contributed by atoms with Crippen LogP contribution in [0.15, 0.2) is 53.1 Å². The Hall–Kier alpha value is -3.35. The molecule has 0 saturated carbocycles. The van der Waals surface area contributed by atoms with Gasteiger partial charge in [-0.05, 0) is 38.1 Å². The van der Waals surface area contributed by atoms with Crippen molar-refractivity contribution in [3.05, 3.63) is 60.0 Å². The van der Waals surface area contributed by atoms with Crippen molar-refractivity contribution in [1.29, 1.82) is 0 Å². The number of hydrogen-bond donors (Lipinski definition) is 0. The zero-order valence-electron chi connectivity index (χ0n) is 16.2. The molecule has 3 aromatic rings. The van der Waals surface area contributed by atoms with E-state index < -0.39 is 0 Å². The number of hydrogen-bond acceptors (Lipinski definition) is 6. The van der Waals surface area contributed by atoms with E-state index in [0.29, 0.717) is 24.0 Å². The first-order chi connectivity index (χ1) is 13.6. The normalized spacial score (nSPS) is 10.5. The molecule has 7 heteroatoms. The Kier molecular flexibility index (Phi) is 6.26. The zero-order valence-corrected chi connectivity index (χ0v) is 16.2. The Labute approximate surface area is 163 Å². The molecule has 146 valence electrons. The summed E-state index contributed by atoms with van der Waals surface area (Å²) in [5.74, 6) is 2.07. The van der Waals surface area contributed by atoms with Gasteiger partial charge in [0.05, 0.1) is 7.11 Å². The summed E-state index contributed by atoms with van der Waals surface area (Å²) in [4.78, 5) is 18.5. The van der Waals surface area contributed by atoms with Gasteiger partial charge in [-0.3, -0.25) is 4.79 Å². The van der Waals surface area contributed by atoms with Gasteiger partial charge in [0.15, 0.2) is 6.61 Å². The minimum atomic E-state index is -0.159. The minimum absolute atomic E-state index is 0.0703. The molecule has 3 rings (SSSR count). The molecule has 0 N–H and O–H groups in total. The molecule has 0 bridgehead atoms. The Morgan fingerprint density at radius 1 is 1.07 bits per heavy atom. The van der Waals surface area contributed by atoms with E-state index in [1.807, 2.05) is 38.1 Å². The summed E-state index contributed by atoms with van der Waals surface area (Å²) in [6.45, 7) is 4.58. The van der Waals surface area contributed by atoms with Crippen molar-refractivity contribution >= 4 is 5.91 Å². The topological polar surface area (TPSA) is 77.7 Å². The van der Waals surface area contributed by atoms with Gasteiger partial charge in [-0.1, -0.05) is 35.0 Å². The van der Waals surface area contributed by atoms with Crippen LogP contribution in [0.1, 0.15) is 18.4 Å². The lowest BCUT2D eigenvalue weighted by molar-refractivity contribution is -0.134. The van der Waals surface area contributed by atoms with Crippen LogP contribution in [0.25, 0.3) is 11.4 Å². The van der Waals surface area contributed by atoms with Gasteiger partial charge >= 0.3 is 0 Å². The molecule has 0 saturated heterocycles. The van der Waals surface area contributed by atoms with Crippen molar-refractivity contribution in [2.24, 2.45) is 0 Å². The van der Waals surface area contributed by atoms with Crippen LogP contribution in [0, 0.1) is 6.92 Å². The highest BCUT2D eigenvalue weighted by molar-refractivity contribution is 5.77. The maximum absolute atomic E-state index is 12.5. The number of carbonyl (C=O) groups excluding carboxylic acids is 1. The van der Waals surface area contributed by atoms with Crippen LogP contribution in [-0.4, -0.2) is 41.2 Å². The van der Waals surface area contributed by atoms with E-state index in [4.69, 9.17) is 14.0 Å². The summed E-state index contributed by atoms with van der Waals surface area (Å²) in [7, 11) is 1.60. The first kappa shape index (κ1) is 19.4. The van der Waals surface area contributed by atoms with E-state index >= 15 is 0 Å². The van der Waals surface area contributed by atoms with Crippen LogP contribution >= 0.6 is 0 Å². The molecule has 1 heterocycles. The molecule has 28 heavy (non-hydrogen) atoms. The van der Waals surface area contributed by atoms with Crippen molar-refractivity contribution in [3.8, 4) is 22.9 Å². The van der Waals surface area contributed by atoms with E-state index in [2.05, 4.69) is 10.1 Å². The predicted octanol–water partition coefficient (Wildman–Crippen LogP) is 3.48. The summed E-state index contributed by atoms with van der Waals surface area (Å²) in [6, 6.07) is 14.9. The monoisotopic (exact) mass is 381 g/mol. The maximum atomic E-state index is 12.5. The number of methoxy groups -OCH3 is 1.